The van der Waals surface area contributed by atoms with Crippen LogP contribution in [-0.4, -0.2) is 42.8 Å². The van der Waals surface area contributed by atoms with Crippen molar-refractivity contribution in [3.05, 3.63) is 0 Å². The molecule has 0 rings (SSSR count). The number of esters is 1. The van der Waals surface area contributed by atoms with E-state index in [0.29, 0.717) is 6.54 Å². The van der Waals surface area contributed by atoms with Crippen LogP contribution in [0.3, 0.4) is 0 Å². The quantitative estimate of drug-likeness (QED) is 0.546. The van der Waals surface area contributed by atoms with E-state index in [1.54, 1.807) is 6.92 Å². The minimum absolute atomic E-state index is 0.000852. The monoisotopic (exact) mass is 232 g/mol. The van der Waals surface area contributed by atoms with Gasteiger partial charge in [0.05, 0.1) is 7.11 Å². The molecule has 1 unspecified atom stereocenters. The van der Waals surface area contributed by atoms with Gasteiger partial charge in [-0.05, 0) is 13.3 Å². The topological polar surface area (TPSA) is 105 Å². The summed E-state index contributed by atoms with van der Waals surface area (Å²) in [5.41, 5.74) is 0. The third-order valence-corrected chi connectivity index (χ3v) is 1.81. The Hall–Kier alpha value is -1.79. The Labute approximate surface area is 93.2 Å². The zero-order chi connectivity index (χ0) is 12.6. The van der Waals surface area contributed by atoms with Crippen molar-refractivity contribution in [1.82, 2.24) is 10.6 Å². The van der Waals surface area contributed by atoms with Gasteiger partial charge in [0.15, 0.2) is 0 Å². The SMILES string of the molecule is CCNC(=O)NC(CCC(=O)OC)C(=O)O. The van der Waals surface area contributed by atoms with Gasteiger partial charge in [0.1, 0.15) is 6.04 Å². The number of carbonyl (C=O) groups is 3. The van der Waals surface area contributed by atoms with E-state index in [-0.39, 0.29) is 12.8 Å². The van der Waals surface area contributed by atoms with E-state index < -0.39 is 24.0 Å². The Bertz CT molecular complexity index is 267. The fourth-order valence-corrected chi connectivity index (χ4v) is 0.991. The normalized spacial score (nSPS) is 11.4. The second-order valence-corrected chi connectivity index (χ2v) is 3.01. The van der Waals surface area contributed by atoms with Crippen LogP contribution in [0.1, 0.15) is 19.8 Å². The second-order valence-electron chi connectivity index (χ2n) is 3.01. The zero-order valence-electron chi connectivity index (χ0n) is 9.28. The molecule has 0 heterocycles. The highest BCUT2D eigenvalue weighted by Crippen LogP contribution is 1.99. The molecule has 1 atom stereocenters. The number of methoxy groups -OCH3 is 1. The number of hydrogen-bond acceptors (Lipinski definition) is 4. The largest absolute Gasteiger partial charge is 0.480 e. The number of carbonyl (C=O) groups excluding carboxylic acids is 2. The molecule has 16 heavy (non-hydrogen) atoms. The van der Waals surface area contributed by atoms with Crippen molar-refractivity contribution in [2.75, 3.05) is 13.7 Å². The van der Waals surface area contributed by atoms with Gasteiger partial charge in [-0.25, -0.2) is 9.59 Å². The first kappa shape index (κ1) is 14.2. The van der Waals surface area contributed by atoms with Crippen LogP contribution >= 0.6 is 0 Å². The first-order chi connectivity index (χ1) is 7.51. The number of nitrogens with one attached hydrogen (secondary N) is 2. The molecule has 3 N–H and O–H groups in total. The van der Waals surface area contributed by atoms with Crippen LogP contribution in [0.25, 0.3) is 0 Å². The standard InChI is InChI=1S/C9H16N2O5/c1-3-10-9(15)11-6(8(13)14)4-5-7(12)16-2/h6H,3-5H2,1-2H3,(H,13,14)(H2,10,11,15). The Morgan fingerprint density at radius 1 is 1.38 bits per heavy atom. The first-order valence-electron chi connectivity index (χ1n) is 4.85. The van der Waals surface area contributed by atoms with Gasteiger partial charge >= 0.3 is 18.0 Å². The summed E-state index contributed by atoms with van der Waals surface area (Å²) >= 11 is 0. The summed E-state index contributed by atoms with van der Waals surface area (Å²) in [6.45, 7) is 2.11. The molecule has 2 amide bonds. The lowest BCUT2D eigenvalue weighted by Gasteiger charge is -2.13. The van der Waals surface area contributed by atoms with Crippen molar-refractivity contribution in [2.45, 2.75) is 25.8 Å². The summed E-state index contributed by atoms with van der Waals surface area (Å²) in [6, 6.07) is -1.66. The fourth-order valence-electron chi connectivity index (χ4n) is 0.991. The number of rotatable bonds is 6. The third-order valence-electron chi connectivity index (χ3n) is 1.81. The van der Waals surface area contributed by atoms with Gasteiger partial charge in [-0.15, -0.1) is 0 Å². The summed E-state index contributed by atoms with van der Waals surface area (Å²) in [6.07, 6.45) is -0.0565. The van der Waals surface area contributed by atoms with Gasteiger partial charge in [0.25, 0.3) is 0 Å². The molecule has 0 saturated heterocycles. The zero-order valence-corrected chi connectivity index (χ0v) is 9.28. The van der Waals surface area contributed by atoms with Crippen molar-refractivity contribution in [2.24, 2.45) is 0 Å². The highest BCUT2D eigenvalue weighted by Gasteiger charge is 2.20. The Balaban J connectivity index is 4.12. The first-order valence-corrected chi connectivity index (χ1v) is 4.85. The van der Waals surface area contributed by atoms with Gasteiger partial charge < -0.3 is 20.5 Å². The molecule has 0 aliphatic rings. The van der Waals surface area contributed by atoms with E-state index in [0.717, 1.165) is 0 Å². The van der Waals surface area contributed by atoms with Crippen LogP contribution in [0.4, 0.5) is 4.79 Å². The molecule has 0 saturated carbocycles. The molecule has 7 heteroatoms. The second kappa shape index (κ2) is 7.49. The van der Waals surface area contributed by atoms with Gasteiger partial charge in [-0.2, -0.15) is 0 Å². The molecule has 0 spiro atoms. The van der Waals surface area contributed by atoms with E-state index in [1.165, 1.54) is 7.11 Å². The molecule has 7 nitrogen and oxygen atoms in total. The fraction of sp³-hybridized carbons (Fsp3) is 0.667. The van der Waals surface area contributed by atoms with E-state index in [1.807, 2.05) is 0 Å². The van der Waals surface area contributed by atoms with Gasteiger partial charge in [-0.3, -0.25) is 4.79 Å². The molecule has 0 fully saturated rings. The van der Waals surface area contributed by atoms with Crippen LogP contribution in [0, 0.1) is 0 Å². The minimum atomic E-state index is -1.19. The molecule has 0 aliphatic carbocycles. The Morgan fingerprint density at radius 3 is 2.44 bits per heavy atom. The molecular formula is C9H16N2O5. The molecule has 92 valence electrons. The number of carboxylic acid groups (broad SMARTS) is 1. The number of ether oxygens (including phenoxy) is 1. The third kappa shape index (κ3) is 5.84. The van der Waals surface area contributed by atoms with Crippen LogP contribution in [0.15, 0.2) is 0 Å². The van der Waals surface area contributed by atoms with E-state index >= 15 is 0 Å². The number of urea groups is 1. The van der Waals surface area contributed by atoms with E-state index in [2.05, 4.69) is 15.4 Å². The van der Waals surface area contributed by atoms with Gasteiger partial charge in [0, 0.05) is 13.0 Å². The number of aliphatic carboxylic acids is 1. The Kier molecular flexibility index (Phi) is 6.66. The summed E-state index contributed by atoms with van der Waals surface area (Å²) in [7, 11) is 1.22. The predicted octanol–water partition coefficient (Wildman–Crippen LogP) is -0.288. The number of carboxylic acids is 1. The lowest BCUT2D eigenvalue weighted by Crippen LogP contribution is -2.46. The lowest BCUT2D eigenvalue weighted by molar-refractivity contribution is -0.142. The van der Waals surface area contributed by atoms with Crippen LogP contribution in [-0.2, 0) is 14.3 Å². The van der Waals surface area contributed by atoms with E-state index in [4.69, 9.17) is 5.11 Å². The lowest BCUT2D eigenvalue weighted by atomic mass is 10.1. The van der Waals surface area contributed by atoms with Crippen LogP contribution < -0.4 is 10.6 Å². The molecule has 0 aromatic carbocycles. The molecule has 0 bridgehead atoms. The summed E-state index contributed by atoms with van der Waals surface area (Å²) in [4.78, 5) is 32.6. The van der Waals surface area contributed by atoms with Gasteiger partial charge in [-0.1, -0.05) is 0 Å². The van der Waals surface area contributed by atoms with Gasteiger partial charge in [0.2, 0.25) is 0 Å². The highest BCUT2D eigenvalue weighted by atomic mass is 16.5. The van der Waals surface area contributed by atoms with E-state index in [9.17, 15) is 14.4 Å². The maximum Gasteiger partial charge on any atom is 0.326 e. The maximum atomic E-state index is 11.1. The average Bonchev–Trinajstić information content (AvgIpc) is 2.23. The van der Waals surface area contributed by atoms with Crippen molar-refractivity contribution in [3.8, 4) is 0 Å². The smallest absolute Gasteiger partial charge is 0.326 e. The van der Waals surface area contributed by atoms with Crippen molar-refractivity contribution >= 4 is 18.0 Å². The van der Waals surface area contributed by atoms with Crippen molar-refractivity contribution in [3.63, 3.8) is 0 Å². The highest BCUT2D eigenvalue weighted by molar-refractivity contribution is 5.83. The summed E-state index contributed by atoms with van der Waals surface area (Å²) < 4.78 is 4.37. The van der Waals surface area contributed by atoms with Crippen molar-refractivity contribution in [1.29, 1.82) is 0 Å². The van der Waals surface area contributed by atoms with Crippen LogP contribution in [0.2, 0.25) is 0 Å². The number of amides is 2. The predicted molar refractivity (Wildman–Crippen MR) is 54.9 cm³/mol. The number of hydrogen-bond donors (Lipinski definition) is 3. The molecule has 0 radical (unpaired) electrons. The minimum Gasteiger partial charge on any atom is -0.480 e. The summed E-state index contributed by atoms with van der Waals surface area (Å²) in [5, 5.41) is 13.4. The molecular weight excluding hydrogens is 216 g/mol. The van der Waals surface area contributed by atoms with Crippen molar-refractivity contribution < 1.29 is 24.2 Å². The molecule has 0 aliphatic heterocycles. The maximum absolute atomic E-state index is 11.1. The summed E-state index contributed by atoms with van der Waals surface area (Å²) in [5.74, 6) is -1.70. The van der Waals surface area contributed by atoms with Crippen LogP contribution in [0.5, 0.6) is 0 Å². The Morgan fingerprint density at radius 2 is 2.00 bits per heavy atom. The average molecular weight is 232 g/mol. The molecule has 0 aromatic rings. The molecule has 0 aromatic heterocycles.